The van der Waals surface area contributed by atoms with Gasteiger partial charge in [-0.05, 0) is 0 Å². The van der Waals surface area contributed by atoms with E-state index in [0.717, 1.165) is 0 Å². The molecule has 21 heavy (non-hydrogen) atoms. The molecule has 2 rings (SSSR count). The number of methoxy groups -OCH3 is 1. The first-order valence-corrected chi connectivity index (χ1v) is 8.96. The summed E-state index contributed by atoms with van der Waals surface area (Å²) in [7, 11) is 1.39. The van der Waals surface area contributed by atoms with E-state index in [1.54, 1.807) is 0 Å². The maximum atomic E-state index is 11.5. The molecule has 0 saturated carbocycles. The van der Waals surface area contributed by atoms with Crippen LogP contribution in [0.5, 0.6) is 0 Å². The Labute approximate surface area is 136 Å². The van der Waals surface area contributed by atoms with E-state index in [9.17, 15) is 4.79 Å². The predicted octanol–water partition coefficient (Wildman–Crippen LogP) is 2.93. The van der Waals surface area contributed by atoms with Crippen molar-refractivity contribution < 1.29 is 9.53 Å². The van der Waals surface area contributed by atoms with Crippen molar-refractivity contribution in [2.45, 2.75) is 16.6 Å². The summed E-state index contributed by atoms with van der Waals surface area (Å²) in [6, 6.07) is 20.4. The van der Waals surface area contributed by atoms with Crippen molar-refractivity contribution in [2.75, 3.05) is 7.11 Å². The molecule has 4 heteroatoms. The van der Waals surface area contributed by atoms with Crippen LogP contribution in [0.4, 0.5) is 0 Å². The Morgan fingerprint density at radius 3 is 2.24 bits per heavy atom. The molecule has 2 aromatic carbocycles. The molecular weight excluding hydrogens is 351 g/mol. The van der Waals surface area contributed by atoms with Gasteiger partial charge in [-0.15, -0.1) is 0 Å². The molecule has 0 fully saturated rings. The molecule has 0 amide bonds. The first-order valence-electron chi connectivity index (χ1n) is 6.68. The average Bonchev–Trinajstić information content (AvgIpc) is 2.54. The van der Waals surface area contributed by atoms with Gasteiger partial charge in [0.25, 0.3) is 0 Å². The van der Waals surface area contributed by atoms with E-state index in [-0.39, 0.29) is 37.5 Å². The summed E-state index contributed by atoms with van der Waals surface area (Å²) in [6.45, 7) is 0. The molecule has 0 unspecified atom stereocenters. The number of benzene rings is 2. The van der Waals surface area contributed by atoms with Crippen LogP contribution in [-0.2, 0) is 9.53 Å². The van der Waals surface area contributed by atoms with E-state index in [4.69, 9.17) is 16.3 Å². The Morgan fingerprint density at radius 1 is 1.10 bits per heavy atom. The van der Waals surface area contributed by atoms with E-state index in [0.29, 0.717) is 0 Å². The Kier molecular flexibility index (Phi) is 6.31. The Morgan fingerprint density at radius 2 is 1.67 bits per heavy atom. The molecule has 0 aliphatic heterocycles. The van der Waals surface area contributed by atoms with Gasteiger partial charge in [0.15, 0.2) is 0 Å². The second kappa shape index (κ2) is 8.23. The van der Waals surface area contributed by atoms with Gasteiger partial charge in [0.1, 0.15) is 0 Å². The van der Waals surface area contributed by atoms with Crippen LogP contribution in [-0.4, -0.2) is 33.4 Å². The molecule has 0 saturated heterocycles. The second-order valence-corrected chi connectivity index (χ2v) is 7.67. The number of esters is 1. The monoisotopic (exact) mass is 368 g/mol. The molecule has 2 atom stereocenters. The topological polar surface area (TPSA) is 26.3 Å². The van der Waals surface area contributed by atoms with Gasteiger partial charge in [0.2, 0.25) is 0 Å². The van der Waals surface area contributed by atoms with Gasteiger partial charge in [-0.1, -0.05) is 0 Å². The normalized spacial score (nSPS) is 13.4. The van der Waals surface area contributed by atoms with E-state index < -0.39 is 0 Å². The molecular formula is C17H17ClO2Se. The van der Waals surface area contributed by atoms with Crippen molar-refractivity contribution in [1.82, 2.24) is 0 Å². The van der Waals surface area contributed by atoms with Crippen LogP contribution in [0.1, 0.15) is 16.8 Å². The molecule has 110 valence electrons. The third-order valence-corrected chi connectivity index (χ3v) is 6.73. The van der Waals surface area contributed by atoms with Crippen molar-refractivity contribution in [2.24, 2.45) is 0 Å². The minimum atomic E-state index is -0.264. The molecule has 0 heterocycles. The summed E-state index contributed by atoms with van der Waals surface area (Å²) in [5.74, 6) is -0.264. The van der Waals surface area contributed by atoms with E-state index in [1.165, 1.54) is 17.1 Å². The molecule has 2 aromatic rings. The molecule has 0 spiro atoms. The number of ether oxygens (including phenoxy) is 1. The third kappa shape index (κ3) is 4.89. The van der Waals surface area contributed by atoms with Crippen molar-refractivity contribution in [3.05, 3.63) is 66.2 Å². The molecule has 0 radical (unpaired) electrons. The number of alkyl halides is 1. The van der Waals surface area contributed by atoms with E-state index in [2.05, 4.69) is 24.3 Å². The number of carbonyl (C=O) groups excluding carboxylic acids is 1. The number of rotatable bonds is 6. The minimum absolute atomic E-state index is 0.141. The van der Waals surface area contributed by atoms with Gasteiger partial charge >= 0.3 is 136 Å². The molecule has 0 bridgehead atoms. The summed E-state index contributed by atoms with van der Waals surface area (Å²) >= 11 is 6.68. The van der Waals surface area contributed by atoms with E-state index >= 15 is 0 Å². The van der Waals surface area contributed by atoms with Gasteiger partial charge in [-0.2, -0.15) is 0 Å². The number of carbonyl (C=O) groups is 1. The van der Waals surface area contributed by atoms with Crippen molar-refractivity contribution >= 4 is 37.0 Å². The first-order chi connectivity index (χ1) is 10.2. The third-order valence-electron chi connectivity index (χ3n) is 3.05. The Bertz CT molecular complexity index is 560. The quantitative estimate of drug-likeness (QED) is 0.446. The molecule has 0 N–H and O–H groups in total. The molecule has 2 nitrogen and oxygen atoms in total. The van der Waals surface area contributed by atoms with Crippen molar-refractivity contribution in [3.8, 4) is 0 Å². The van der Waals surface area contributed by atoms with Crippen LogP contribution >= 0.6 is 11.6 Å². The SMILES string of the molecule is COC(=O)C[C@@H](Cl)[C@@H]([Se]c1ccccc1)c1ccccc1. The first kappa shape index (κ1) is 16.1. The Hall–Kier alpha value is -1.28. The van der Waals surface area contributed by atoms with Crippen LogP contribution < -0.4 is 4.46 Å². The zero-order valence-corrected chi connectivity index (χ0v) is 14.2. The zero-order chi connectivity index (χ0) is 15.1. The zero-order valence-electron chi connectivity index (χ0n) is 11.7. The summed E-state index contributed by atoms with van der Waals surface area (Å²) < 4.78 is 6.01. The summed E-state index contributed by atoms with van der Waals surface area (Å²) in [5.41, 5.74) is 1.17. The van der Waals surface area contributed by atoms with Crippen molar-refractivity contribution in [1.29, 1.82) is 0 Å². The summed E-state index contributed by atoms with van der Waals surface area (Å²) in [6.07, 6.45) is 0.228. The second-order valence-electron chi connectivity index (χ2n) is 4.56. The van der Waals surface area contributed by atoms with Crippen molar-refractivity contribution in [3.63, 3.8) is 0 Å². The predicted molar refractivity (Wildman–Crippen MR) is 87.3 cm³/mol. The molecule has 0 aliphatic rings. The van der Waals surface area contributed by atoms with Gasteiger partial charge in [-0.3, -0.25) is 0 Å². The number of halogens is 1. The molecule has 0 aromatic heterocycles. The molecule has 0 aliphatic carbocycles. The van der Waals surface area contributed by atoms with Gasteiger partial charge in [-0.25, -0.2) is 0 Å². The van der Waals surface area contributed by atoms with Gasteiger partial charge in [0, 0.05) is 0 Å². The fourth-order valence-corrected chi connectivity index (χ4v) is 4.93. The van der Waals surface area contributed by atoms with Crippen LogP contribution in [0.2, 0.25) is 0 Å². The fourth-order valence-electron chi connectivity index (χ4n) is 1.99. The standard InChI is InChI=1S/C17H17ClO2Se/c1-20-16(19)12-15(18)17(13-8-4-2-5-9-13)21-14-10-6-3-7-11-14/h2-11,15,17H,12H2,1H3/t15-,17+/m1/s1. The van der Waals surface area contributed by atoms with Gasteiger partial charge in [0.05, 0.1) is 0 Å². The maximum absolute atomic E-state index is 11.5. The van der Waals surface area contributed by atoms with Gasteiger partial charge < -0.3 is 0 Å². The number of hydrogen-bond donors (Lipinski definition) is 0. The fraction of sp³-hybridized carbons (Fsp3) is 0.235. The van der Waals surface area contributed by atoms with Crippen LogP contribution in [0, 0.1) is 0 Å². The number of hydrogen-bond acceptors (Lipinski definition) is 2. The summed E-state index contributed by atoms with van der Waals surface area (Å²) in [5, 5.41) is -0.264. The van der Waals surface area contributed by atoms with Crippen LogP contribution in [0.3, 0.4) is 0 Å². The summed E-state index contributed by atoms with van der Waals surface area (Å²) in [4.78, 5) is 11.7. The Balaban J connectivity index is 2.20. The van der Waals surface area contributed by atoms with Crippen LogP contribution in [0.15, 0.2) is 60.7 Å². The van der Waals surface area contributed by atoms with E-state index in [1.807, 2.05) is 36.4 Å². The average molecular weight is 368 g/mol. The van der Waals surface area contributed by atoms with Crippen LogP contribution in [0.25, 0.3) is 0 Å².